The van der Waals surface area contributed by atoms with Gasteiger partial charge in [0.25, 0.3) is 10.2 Å². The van der Waals surface area contributed by atoms with E-state index < -0.39 is 10.2 Å². The Balaban J connectivity index is 3.98. The number of hydrogen-bond donors (Lipinski definition) is 2. The number of rotatable bonds is 5. The first-order chi connectivity index (χ1) is 5.33. The van der Waals surface area contributed by atoms with E-state index in [1.165, 1.54) is 0 Å². The molecule has 0 spiro atoms. The van der Waals surface area contributed by atoms with Crippen LogP contribution in [-0.2, 0) is 10.2 Å². The lowest BCUT2D eigenvalue weighted by Crippen LogP contribution is -2.40. The van der Waals surface area contributed by atoms with E-state index in [1.54, 1.807) is 13.8 Å². The van der Waals surface area contributed by atoms with Gasteiger partial charge in [-0.3, -0.25) is 0 Å². The minimum Gasteiger partial charge on any atom is -0.200 e. The first-order valence-electron chi connectivity index (χ1n) is 3.43. The summed E-state index contributed by atoms with van der Waals surface area (Å²) in [6, 6.07) is -0.105. The topological polar surface area (TPSA) is 58.2 Å². The second kappa shape index (κ2) is 4.96. The van der Waals surface area contributed by atoms with Crippen molar-refractivity contribution >= 4 is 26.1 Å². The first-order valence-corrected chi connectivity index (χ1v) is 5.71. The summed E-state index contributed by atoms with van der Waals surface area (Å²) in [5, 5.41) is 0. The Hall–Kier alpha value is 0.0900. The number of nitrogens with one attached hydrogen (secondary N) is 2. The maximum absolute atomic E-state index is 11.1. The van der Waals surface area contributed by atoms with E-state index in [9.17, 15) is 8.42 Å². The molecule has 2 N–H and O–H groups in total. The molecule has 0 unspecified atom stereocenters. The van der Waals surface area contributed by atoms with Gasteiger partial charge in [0.1, 0.15) is 0 Å². The Labute approximate surface area is 81.7 Å². The van der Waals surface area contributed by atoms with Crippen LogP contribution in [0.25, 0.3) is 0 Å². The van der Waals surface area contributed by atoms with Gasteiger partial charge < -0.3 is 0 Å². The molecule has 0 fully saturated rings. The van der Waals surface area contributed by atoms with Gasteiger partial charge in [-0.05, 0) is 13.8 Å². The maximum Gasteiger partial charge on any atom is 0.277 e. The second-order valence-electron chi connectivity index (χ2n) is 2.61. The lowest BCUT2D eigenvalue weighted by Gasteiger charge is -2.09. The van der Waals surface area contributed by atoms with E-state index in [0.717, 1.165) is 0 Å². The van der Waals surface area contributed by atoms with Gasteiger partial charge in [0, 0.05) is 17.1 Å². The van der Waals surface area contributed by atoms with Crippen LogP contribution in [0.5, 0.6) is 0 Å². The van der Waals surface area contributed by atoms with Crippen LogP contribution in [0.2, 0.25) is 0 Å². The highest BCUT2D eigenvalue weighted by molar-refractivity contribution is 9.11. The van der Waals surface area contributed by atoms with E-state index in [-0.39, 0.29) is 12.6 Å². The Morgan fingerprint density at radius 3 is 2.42 bits per heavy atom. The quantitative estimate of drug-likeness (QED) is 0.762. The molecule has 0 rings (SSSR count). The average molecular weight is 257 g/mol. The summed E-state index contributed by atoms with van der Waals surface area (Å²) >= 11 is 3.04. The zero-order valence-electron chi connectivity index (χ0n) is 7.09. The second-order valence-corrected chi connectivity index (χ2v) is 5.27. The zero-order chi connectivity index (χ0) is 9.78. The molecule has 0 bridgehead atoms. The summed E-state index contributed by atoms with van der Waals surface area (Å²) in [4.78, 5) is 0. The van der Waals surface area contributed by atoms with Gasteiger partial charge in [-0.25, -0.2) is 0 Å². The molecule has 12 heavy (non-hydrogen) atoms. The standard InChI is InChI=1S/C6H13BrN2O2S/c1-5(2)9-12(10,11)8-4-6(3)7/h5,8-9H,3-4H2,1-2H3. The minimum atomic E-state index is -3.37. The molecule has 0 aliphatic carbocycles. The van der Waals surface area contributed by atoms with Gasteiger partial charge in [0.2, 0.25) is 0 Å². The van der Waals surface area contributed by atoms with Crippen molar-refractivity contribution in [1.82, 2.24) is 9.44 Å². The summed E-state index contributed by atoms with van der Waals surface area (Å²) in [6.45, 7) is 7.20. The van der Waals surface area contributed by atoms with Crippen LogP contribution in [-0.4, -0.2) is 21.0 Å². The van der Waals surface area contributed by atoms with E-state index in [4.69, 9.17) is 0 Å². The van der Waals surface area contributed by atoms with Gasteiger partial charge >= 0.3 is 0 Å². The third-order valence-corrected chi connectivity index (χ3v) is 2.43. The van der Waals surface area contributed by atoms with Crippen LogP contribution in [0.15, 0.2) is 11.1 Å². The largest absolute Gasteiger partial charge is 0.277 e. The predicted octanol–water partition coefficient (Wildman–Crippen LogP) is 0.727. The molecule has 0 aromatic rings. The Kier molecular flexibility index (Phi) is 5.00. The fourth-order valence-corrected chi connectivity index (χ4v) is 1.92. The molecule has 0 atom stereocenters. The molecular weight excluding hydrogens is 244 g/mol. The zero-order valence-corrected chi connectivity index (χ0v) is 9.50. The molecule has 0 heterocycles. The molecule has 0 aliphatic rings. The smallest absolute Gasteiger partial charge is 0.200 e. The van der Waals surface area contributed by atoms with E-state index in [2.05, 4.69) is 32.0 Å². The van der Waals surface area contributed by atoms with Crippen molar-refractivity contribution < 1.29 is 8.42 Å². The molecule has 0 radical (unpaired) electrons. The Morgan fingerprint density at radius 1 is 1.58 bits per heavy atom. The summed E-state index contributed by atoms with van der Waals surface area (Å²) in [5.41, 5.74) is 0. The van der Waals surface area contributed by atoms with Gasteiger partial charge in [-0.15, -0.1) is 0 Å². The highest BCUT2D eigenvalue weighted by Gasteiger charge is 2.09. The lowest BCUT2D eigenvalue weighted by atomic mass is 10.4. The molecule has 4 nitrogen and oxygen atoms in total. The van der Waals surface area contributed by atoms with Gasteiger partial charge in [-0.2, -0.15) is 17.9 Å². The van der Waals surface area contributed by atoms with Crippen LogP contribution < -0.4 is 9.44 Å². The Morgan fingerprint density at radius 2 is 2.08 bits per heavy atom. The van der Waals surface area contributed by atoms with Crippen molar-refractivity contribution in [3.05, 3.63) is 11.1 Å². The highest BCUT2D eigenvalue weighted by atomic mass is 79.9. The molecular formula is C6H13BrN2O2S. The van der Waals surface area contributed by atoms with E-state index in [0.29, 0.717) is 4.48 Å². The van der Waals surface area contributed by atoms with Crippen molar-refractivity contribution in [2.75, 3.05) is 6.54 Å². The van der Waals surface area contributed by atoms with Gasteiger partial charge in [0.15, 0.2) is 0 Å². The molecule has 0 amide bonds. The molecule has 0 saturated heterocycles. The van der Waals surface area contributed by atoms with Crippen LogP contribution in [0.3, 0.4) is 0 Å². The predicted molar refractivity (Wildman–Crippen MR) is 53.3 cm³/mol. The van der Waals surface area contributed by atoms with Crippen LogP contribution in [0, 0.1) is 0 Å². The molecule has 0 aliphatic heterocycles. The SMILES string of the molecule is C=C(Br)CNS(=O)(=O)NC(C)C. The molecule has 6 heteroatoms. The summed E-state index contributed by atoms with van der Waals surface area (Å²) < 4.78 is 27.4. The van der Waals surface area contributed by atoms with Gasteiger partial charge in [-0.1, -0.05) is 22.5 Å². The third kappa shape index (κ3) is 6.78. The molecule has 0 saturated carbocycles. The maximum atomic E-state index is 11.1. The fraction of sp³-hybridized carbons (Fsp3) is 0.667. The van der Waals surface area contributed by atoms with Gasteiger partial charge in [0.05, 0.1) is 0 Å². The normalized spacial score (nSPS) is 12.0. The van der Waals surface area contributed by atoms with Crippen LogP contribution >= 0.6 is 15.9 Å². The van der Waals surface area contributed by atoms with Crippen molar-refractivity contribution in [3.8, 4) is 0 Å². The highest BCUT2D eigenvalue weighted by Crippen LogP contribution is 1.97. The monoisotopic (exact) mass is 256 g/mol. The Bertz CT molecular complexity index is 248. The number of hydrogen-bond acceptors (Lipinski definition) is 2. The van der Waals surface area contributed by atoms with E-state index >= 15 is 0 Å². The molecule has 72 valence electrons. The minimum absolute atomic E-state index is 0.105. The summed E-state index contributed by atoms with van der Waals surface area (Å²) in [5.74, 6) is 0. The lowest BCUT2D eigenvalue weighted by molar-refractivity contribution is 0.559. The third-order valence-electron chi connectivity index (χ3n) is 0.845. The molecule has 0 aromatic heterocycles. The van der Waals surface area contributed by atoms with Crippen molar-refractivity contribution in [1.29, 1.82) is 0 Å². The summed E-state index contributed by atoms with van der Waals surface area (Å²) in [7, 11) is -3.37. The van der Waals surface area contributed by atoms with E-state index in [1.807, 2.05) is 0 Å². The first kappa shape index (κ1) is 12.1. The average Bonchev–Trinajstić information content (AvgIpc) is 1.81. The fourth-order valence-electron chi connectivity index (χ4n) is 0.525. The molecule has 0 aromatic carbocycles. The summed E-state index contributed by atoms with van der Waals surface area (Å²) in [6.07, 6.45) is 0. The van der Waals surface area contributed by atoms with Crippen LogP contribution in [0.4, 0.5) is 0 Å². The number of halogens is 1. The van der Waals surface area contributed by atoms with Crippen molar-refractivity contribution in [2.45, 2.75) is 19.9 Å². The van der Waals surface area contributed by atoms with Crippen LogP contribution in [0.1, 0.15) is 13.8 Å². The van der Waals surface area contributed by atoms with Crippen molar-refractivity contribution in [3.63, 3.8) is 0 Å². The van der Waals surface area contributed by atoms with Crippen molar-refractivity contribution in [2.24, 2.45) is 0 Å².